The molecule has 2 rings (SSSR count). The van der Waals surface area contributed by atoms with Crippen molar-refractivity contribution in [3.05, 3.63) is 38.9 Å². The Balaban J connectivity index is 2.00. The fourth-order valence-electron chi connectivity index (χ4n) is 1.44. The van der Waals surface area contributed by atoms with Crippen molar-refractivity contribution >= 4 is 39.0 Å². The predicted molar refractivity (Wildman–Crippen MR) is 79.4 cm³/mol. The number of anilines is 1. The minimum atomic E-state index is -0.229. The second-order valence-electron chi connectivity index (χ2n) is 3.69. The molecule has 2 aromatic heterocycles. The van der Waals surface area contributed by atoms with Crippen LogP contribution in [0.15, 0.2) is 28.3 Å². The Morgan fingerprint density at radius 2 is 2.32 bits per heavy atom. The Kier molecular flexibility index (Phi) is 4.86. The number of rotatable bonds is 5. The number of carbonyl (C=O) groups is 1. The van der Waals surface area contributed by atoms with E-state index in [1.165, 1.54) is 6.20 Å². The van der Waals surface area contributed by atoms with Crippen molar-refractivity contribution < 1.29 is 4.79 Å². The molecule has 0 atom stereocenters. The number of hydrogen-bond acceptors (Lipinski definition) is 5. The highest BCUT2D eigenvalue weighted by atomic mass is 79.9. The molecule has 1 amide bonds. The molecule has 0 saturated heterocycles. The number of halogens is 1. The fourth-order valence-corrected chi connectivity index (χ4v) is 2.88. The van der Waals surface area contributed by atoms with Gasteiger partial charge < -0.3 is 10.6 Å². The maximum Gasteiger partial charge on any atom is 0.271 e. The number of hydrogen-bond donors (Lipinski definition) is 2. The maximum absolute atomic E-state index is 12.0. The van der Waals surface area contributed by atoms with E-state index in [9.17, 15) is 4.79 Å². The molecule has 0 spiro atoms. The number of nitrogens with zero attached hydrogens (tertiary/aromatic N) is 2. The Bertz CT molecular complexity index is 572. The zero-order valence-corrected chi connectivity index (χ0v) is 12.7. The molecule has 0 aliphatic heterocycles. The number of carbonyl (C=O) groups excluding carboxylic acids is 1. The lowest BCUT2D eigenvalue weighted by Gasteiger charge is -2.06. The third kappa shape index (κ3) is 3.74. The first-order valence-corrected chi connectivity index (χ1v) is 7.44. The van der Waals surface area contributed by atoms with Gasteiger partial charge in [0.15, 0.2) is 0 Å². The highest BCUT2D eigenvalue weighted by Crippen LogP contribution is 2.22. The van der Waals surface area contributed by atoms with Crippen molar-refractivity contribution in [2.45, 2.75) is 13.5 Å². The lowest BCUT2D eigenvalue weighted by molar-refractivity contribution is 0.0946. The molecular formula is C12H13BrN4OS. The summed E-state index contributed by atoms with van der Waals surface area (Å²) in [7, 11) is 0. The molecule has 0 bridgehead atoms. The van der Waals surface area contributed by atoms with Gasteiger partial charge in [-0.3, -0.25) is 9.78 Å². The van der Waals surface area contributed by atoms with E-state index >= 15 is 0 Å². The fraction of sp³-hybridized carbons (Fsp3) is 0.250. The third-order valence-corrected chi connectivity index (χ3v) is 4.25. The lowest BCUT2D eigenvalue weighted by atomic mass is 10.4. The SMILES string of the molecule is CCNc1cncc(C(=O)NCc2sccc2Br)n1. The first-order valence-electron chi connectivity index (χ1n) is 5.76. The van der Waals surface area contributed by atoms with Crippen LogP contribution in [0.4, 0.5) is 5.82 Å². The Morgan fingerprint density at radius 1 is 1.47 bits per heavy atom. The van der Waals surface area contributed by atoms with E-state index in [0.717, 1.165) is 15.9 Å². The molecule has 2 N–H and O–H groups in total. The molecule has 19 heavy (non-hydrogen) atoms. The monoisotopic (exact) mass is 340 g/mol. The first kappa shape index (κ1) is 14.0. The van der Waals surface area contributed by atoms with Crippen LogP contribution >= 0.6 is 27.3 Å². The summed E-state index contributed by atoms with van der Waals surface area (Å²) < 4.78 is 1.00. The highest BCUT2D eigenvalue weighted by Gasteiger charge is 2.09. The van der Waals surface area contributed by atoms with Crippen molar-refractivity contribution in [3.63, 3.8) is 0 Å². The molecule has 0 radical (unpaired) electrons. The van der Waals surface area contributed by atoms with Crippen LogP contribution < -0.4 is 10.6 Å². The van der Waals surface area contributed by atoms with Gasteiger partial charge in [-0.15, -0.1) is 11.3 Å². The van der Waals surface area contributed by atoms with Gasteiger partial charge in [-0.05, 0) is 34.3 Å². The van der Waals surface area contributed by atoms with Gasteiger partial charge in [0.25, 0.3) is 5.91 Å². The van der Waals surface area contributed by atoms with Gasteiger partial charge in [-0.2, -0.15) is 0 Å². The van der Waals surface area contributed by atoms with E-state index in [-0.39, 0.29) is 5.91 Å². The second-order valence-corrected chi connectivity index (χ2v) is 5.55. The normalized spacial score (nSPS) is 10.2. The third-order valence-electron chi connectivity index (χ3n) is 2.33. The van der Waals surface area contributed by atoms with Crippen LogP contribution in [-0.4, -0.2) is 22.4 Å². The van der Waals surface area contributed by atoms with Crippen molar-refractivity contribution in [1.29, 1.82) is 0 Å². The summed E-state index contributed by atoms with van der Waals surface area (Å²) in [4.78, 5) is 21.2. The summed E-state index contributed by atoms with van der Waals surface area (Å²) in [5.41, 5.74) is 0.311. The molecule has 0 fully saturated rings. The molecule has 2 aromatic rings. The molecule has 0 unspecified atom stereocenters. The van der Waals surface area contributed by atoms with E-state index < -0.39 is 0 Å². The van der Waals surface area contributed by atoms with Crippen LogP contribution in [0.5, 0.6) is 0 Å². The van der Waals surface area contributed by atoms with Crippen molar-refractivity contribution in [2.24, 2.45) is 0 Å². The summed E-state index contributed by atoms with van der Waals surface area (Å²) in [6, 6.07) is 1.96. The van der Waals surface area contributed by atoms with Crippen molar-refractivity contribution in [2.75, 3.05) is 11.9 Å². The van der Waals surface area contributed by atoms with Gasteiger partial charge >= 0.3 is 0 Å². The van der Waals surface area contributed by atoms with Crippen LogP contribution in [0.25, 0.3) is 0 Å². The summed E-state index contributed by atoms with van der Waals surface area (Å²) in [5, 5.41) is 7.81. The number of thiophene rings is 1. The van der Waals surface area contributed by atoms with Crippen LogP contribution in [0, 0.1) is 0 Å². The van der Waals surface area contributed by atoms with Gasteiger partial charge in [0, 0.05) is 15.9 Å². The molecule has 0 aromatic carbocycles. The smallest absolute Gasteiger partial charge is 0.271 e. The van der Waals surface area contributed by atoms with Gasteiger partial charge in [0.1, 0.15) is 11.5 Å². The summed E-state index contributed by atoms with van der Waals surface area (Å²) in [6.45, 7) is 3.18. The standard InChI is InChI=1S/C12H13BrN4OS/c1-2-15-11-7-14-5-9(17-11)12(18)16-6-10-8(13)3-4-19-10/h3-5,7H,2,6H2,1H3,(H,15,17)(H,16,18). The van der Waals surface area contributed by atoms with E-state index in [0.29, 0.717) is 18.1 Å². The highest BCUT2D eigenvalue weighted by molar-refractivity contribution is 9.10. The molecule has 7 heteroatoms. The van der Waals surface area contributed by atoms with Gasteiger partial charge in [-0.25, -0.2) is 4.98 Å². The molecule has 100 valence electrons. The molecule has 0 aliphatic carbocycles. The minimum Gasteiger partial charge on any atom is -0.369 e. The number of amides is 1. The first-order chi connectivity index (χ1) is 9.20. The average Bonchev–Trinajstić information content (AvgIpc) is 2.82. The van der Waals surface area contributed by atoms with Crippen LogP contribution in [0.1, 0.15) is 22.3 Å². The van der Waals surface area contributed by atoms with E-state index in [1.54, 1.807) is 17.5 Å². The number of aromatic nitrogens is 2. The Hall–Kier alpha value is -1.47. The quantitative estimate of drug-likeness (QED) is 0.877. The van der Waals surface area contributed by atoms with E-state index in [2.05, 4.69) is 36.5 Å². The van der Waals surface area contributed by atoms with E-state index in [4.69, 9.17) is 0 Å². The molecular weight excluding hydrogens is 328 g/mol. The summed E-state index contributed by atoms with van der Waals surface area (Å²) in [5.74, 6) is 0.375. The van der Waals surface area contributed by atoms with Crippen LogP contribution in [0.2, 0.25) is 0 Å². The Morgan fingerprint density at radius 3 is 3.00 bits per heavy atom. The Labute approximate surface area is 123 Å². The lowest BCUT2D eigenvalue weighted by Crippen LogP contribution is -2.24. The van der Waals surface area contributed by atoms with Gasteiger partial charge in [0.05, 0.1) is 18.9 Å². The summed E-state index contributed by atoms with van der Waals surface area (Å²) >= 11 is 5.01. The van der Waals surface area contributed by atoms with Crippen molar-refractivity contribution in [1.82, 2.24) is 15.3 Å². The minimum absolute atomic E-state index is 0.229. The summed E-state index contributed by atoms with van der Waals surface area (Å²) in [6.07, 6.45) is 3.05. The van der Waals surface area contributed by atoms with Crippen LogP contribution in [0.3, 0.4) is 0 Å². The van der Waals surface area contributed by atoms with Gasteiger partial charge in [0.2, 0.25) is 0 Å². The second kappa shape index (κ2) is 6.63. The molecule has 0 aliphatic rings. The van der Waals surface area contributed by atoms with Crippen LogP contribution in [-0.2, 0) is 6.54 Å². The van der Waals surface area contributed by atoms with Crippen molar-refractivity contribution in [3.8, 4) is 0 Å². The molecule has 0 saturated carbocycles. The maximum atomic E-state index is 12.0. The largest absolute Gasteiger partial charge is 0.369 e. The molecule has 2 heterocycles. The number of nitrogens with one attached hydrogen (secondary N) is 2. The molecule has 5 nitrogen and oxygen atoms in total. The zero-order valence-electron chi connectivity index (χ0n) is 10.3. The average molecular weight is 341 g/mol. The van der Waals surface area contributed by atoms with Gasteiger partial charge in [-0.1, -0.05) is 0 Å². The predicted octanol–water partition coefficient (Wildman–Crippen LogP) is 2.66. The zero-order chi connectivity index (χ0) is 13.7. The van der Waals surface area contributed by atoms with E-state index in [1.807, 2.05) is 18.4 Å². The topological polar surface area (TPSA) is 66.9 Å².